The SMILES string of the molecule is [C-]#[N+]c1c(N2CCOCC2)nc2c(-c3cnc4ccccc4c3)cnn2c1N. The Kier molecular flexibility index (Phi) is 3.81. The lowest BCUT2D eigenvalue weighted by molar-refractivity contribution is 0.122. The number of benzene rings is 1. The molecular weight excluding hydrogens is 354 g/mol. The number of hydrogen-bond acceptors (Lipinski definition) is 6. The van der Waals surface area contributed by atoms with E-state index in [9.17, 15) is 0 Å². The number of anilines is 2. The molecule has 0 aliphatic carbocycles. The van der Waals surface area contributed by atoms with E-state index in [1.165, 1.54) is 4.52 Å². The van der Waals surface area contributed by atoms with Crippen LogP contribution in [0.3, 0.4) is 0 Å². The van der Waals surface area contributed by atoms with E-state index in [0.717, 1.165) is 22.0 Å². The summed E-state index contributed by atoms with van der Waals surface area (Å²) in [6.45, 7) is 10.1. The Labute approximate surface area is 161 Å². The van der Waals surface area contributed by atoms with E-state index < -0.39 is 0 Å². The smallest absolute Gasteiger partial charge is 0.269 e. The average Bonchev–Trinajstić information content (AvgIpc) is 3.18. The Hall–Kier alpha value is -3.70. The standard InChI is InChI=1S/C20H17N7O/c1-22-17-18(21)27-19(25-20(17)26-6-8-28-9-7-26)15(12-24-27)14-10-13-4-2-3-5-16(13)23-11-14/h2-5,10-12H,6-9,21H2. The number of nitrogen functional groups attached to an aromatic ring is 1. The molecule has 1 saturated heterocycles. The highest BCUT2D eigenvalue weighted by Gasteiger charge is 2.23. The van der Waals surface area contributed by atoms with E-state index in [-0.39, 0.29) is 0 Å². The molecule has 3 aromatic heterocycles. The lowest BCUT2D eigenvalue weighted by Crippen LogP contribution is -2.37. The molecule has 0 spiro atoms. The van der Waals surface area contributed by atoms with Gasteiger partial charge in [-0.2, -0.15) is 5.10 Å². The van der Waals surface area contributed by atoms with E-state index in [2.05, 4.69) is 21.0 Å². The number of pyridine rings is 1. The Morgan fingerprint density at radius 2 is 1.96 bits per heavy atom. The van der Waals surface area contributed by atoms with Crippen LogP contribution >= 0.6 is 0 Å². The fourth-order valence-corrected chi connectivity index (χ4v) is 3.52. The molecule has 8 nitrogen and oxygen atoms in total. The zero-order valence-corrected chi connectivity index (χ0v) is 15.0. The van der Waals surface area contributed by atoms with Gasteiger partial charge in [0.15, 0.2) is 5.65 Å². The van der Waals surface area contributed by atoms with Crippen molar-refractivity contribution in [3.8, 4) is 11.1 Å². The molecular formula is C20H17N7O. The predicted molar refractivity (Wildman–Crippen MR) is 107 cm³/mol. The molecule has 2 N–H and O–H groups in total. The Bertz CT molecular complexity index is 1230. The topological polar surface area (TPSA) is 85.9 Å². The van der Waals surface area contributed by atoms with Crippen molar-refractivity contribution in [2.75, 3.05) is 36.9 Å². The van der Waals surface area contributed by atoms with E-state index in [1.54, 1.807) is 6.20 Å². The highest BCUT2D eigenvalue weighted by atomic mass is 16.5. The van der Waals surface area contributed by atoms with Crippen LogP contribution in [0.2, 0.25) is 0 Å². The molecule has 1 aromatic carbocycles. The average molecular weight is 371 g/mol. The van der Waals surface area contributed by atoms with Gasteiger partial charge in [0, 0.05) is 35.8 Å². The number of aromatic nitrogens is 4. The lowest BCUT2D eigenvalue weighted by Gasteiger charge is -2.29. The monoisotopic (exact) mass is 371 g/mol. The van der Waals surface area contributed by atoms with Gasteiger partial charge >= 0.3 is 0 Å². The van der Waals surface area contributed by atoms with Crippen molar-refractivity contribution in [1.29, 1.82) is 0 Å². The summed E-state index contributed by atoms with van der Waals surface area (Å²) in [5.74, 6) is 0.875. The summed E-state index contributed by atoms with van der Waals surface area (Å²) in [5.41, 5.74) is 9.89. The second-order valence-corrected chi connectivity index (χ2v) is 6.59. The first-order valence-electron chi connectivity index (χ1n) is 8.99. The number of hydrogen-bond donors (Lipinski definition) is 1. The molecule has 0 amide bonds. The van der Waals surface area contributed by atoms with Crippen LogP contribution in [0.4, 0.5) is 17.3 Å². The molecule has 1 aliphatic heterocycles. The van der Waals surface area contributed by atoms with Crippen molar-refractivity contribution in [3.63, 3.8) is 0 Å². The number of fused-ring (bicyclic) bond motifs is 2. The third kappa shape index (κ3) is 2.52. The zero-order chi connectivity index (χ0) is 19.1. The van der Waals surface area contributed by atoms with E-state index in [1.807, 2.05) is 35.4 Å². The second kappa shape index (κ2) is 6.48. The predicted octanol–water partition coefficient (Wildman–Crippen LogP) is 2.91. The quantitative estimate of drug-likeness (QED) is 0.545. The maximum Gasteiger partial charge on any atom is 0.269 e. The molecule has 28 heavy (non-hydrogen) atoms. The van der Waals surface area contributed by atoms with Crippen LogP contribution in [-0.2, 0) is 4.74 Å². The van der Waals surface area contributed by atoms with E-state index >= 15 is 0 Å². The first kappa shape index (κ1) is 16.5. The number of nitrogens with two attached hydrogens (primary N) is 1. The lowest BCUT2D eigenvalue weighted by atomic mass is 10.1. The molecule has 138 valence electrons. The molecule has 5 rings (SSSR count). The van der Waals surface area contributed by atoms with Crippen molar-refractivity contribution in [2.24, 2.45) is 0 Å². The van der Waals surface area contributed by atoms with Crippen LogP contribution in [0.15, 0.2) is 42.7 Å². The van der Waals surface area contributed by atoms with Crippen LogP contribution < -0.4 is 10.6 Å². The first-order chi connectivity index (χ1) is 13.8. The maximum absolute atomic E-state index is 7.58. The van der Waals surface area contributed by atoms with Gasteiger partial charge in [0.05, 0.1) is 31.5 Å². The molecule has 1 aliphatic rings. The third-order valence-corrected chi connectivity index (χ3v) is 4.96. The van der Waals surface area contributed by atoms with Gasteiger partial charge in [-0.25, -0.2) is 14.3 Å². The van der Waals surface area contributed by atoms with Crippen molar-refractivity contribution < 1.29 is 4.74 Å². The van der Waals surface area contributed by atoms with Gasteiger partial charge in [-0.05, 0) is 12.1 Å². The first-order valence-corrected chi connectivity index (χ1v) is 8.99. The number of rotatable bonds is 2. The van der Waals surface area contributed by atoms with Crippen LogP contribution in [-0.4, -0.2) is 45.9 Å². The van der Waals surface area contributed by atoms with E-state index in [0.29, 0.717) is 49.3 Å². The zero-order valence-electron chi connectivity index (χ0n) is 15.0. The van der Waals surface area contributed by atoms with Gasteiger partial charge in [0.1, 0.15) is 11.6 Å². The third-order valence-electron chi connectivity index (χ3n) is 4.96. The fraction of sp³-hybridized carbons (Fsp3) is 0.200. The van der Waals surface area contributed by atoms with Gasteiger partial charge in [-0.15, -0.1) is 0 Å². The Morgan fingerprint density at radius 3 is 2.79 bits per heavy atom. The van der Waals surface area contributed by atoms with Crippen molar-refractivity contribution in [3.05, 3.63) is 54.1 Å². The maximum atomic E-state index is 7.58. The van der Waals surface area contributed by atoms with E-state index in [4.69, 9.17) is 22.0 Å². The van der Waals surface area contributed by atoms with Gasteiger partial charge in [-0.1, -0.05) is 18.2 Å². The number of para-hydroxylation sites is 1. The molecule has 0 radical (unpaired) electrons. The summed E-state index contributed by atoms with van der Waals surface area (Å²) in [6, 6.07) is 10.0. The van der Waals surface area contributed by atoms with Crippen LogP contribution in [0.5, 0.6) is 0 Å². The highest BCUT2D eigenvalue weighted by molar-refractivity contribution is 5.89. The molecule has 1 fully saturated rings. The minimum Gasteiger partial charge on any atom is -0.392 e. The summed E-state index contributed by atoms with van der Waals surface area (Å²) in [6.07, 6.45) is 3.54. The summed E-state index contributed by atoms with van der Waals surface area (Å²) in [7, 11) is 0. The molecule has 8 heteroatoms. The van der Waals surface area contributed by atoms with Gasteiger partial charge in [0.2, 0.25) is 0 Å². The van der Waals surface area contributed by atoms with Gasteiger partial charge in [-0.3, -0.25) is 4.98 Å². The molecule has 4 aromatic rings. The van der Waals surface area contributed by atoms with Crippen LogP contribution in [0.1, 0.15) is 0 Å². The Morgan fingerprint density at radius 1 is 1.14 bits per heavy atom. The van der Waals surface area contributed by atoms with Crippen molar-refractivity contribution in [1.82, 2.24) is 19.6 Å². The minimum absolute atomic E-state index is 0.293. The largest absolute Gasteiger partial charge is 0.392 e. The van der Waals surface area contributed by atoms with Crippen molar-refractivity contribution in [2.45, 2.75) is 0 Å². The fourth-order valence-electron chi connectivity index (χ4n) is 3.52. The summed E-state index contributed by atoms with van der Waals surface area (Å²) < 4.78 is 6.96. The summed E-state index contributed by atoms with van der Waals surface area (Å²) >= 11 is 0. The summed E-state index contributed by atoms with van der Waals surface area (Å²) in [4.78, 5) is 15.0. The van der Waals surface area contributed by atoms with Crippen LogP contribution in [0.25, 0.3) is 32.5 Å². The van der Waals surface area contributed by atoms with Gasteiger partial charge < -0.3 is 15.4 Å². The summed E-state index contributed by atoms with van der Waals surface area (Å²) in [5, 5.41) is 5.42. The molecule has 4 heterocycles. The van der Waals surface area contributed by atoms with Crippen molar-refractivity contribution >= 4 is 33.9 Å². The minimum atomic E-state index is 0.293. The molecule has 0 unspecified atom stereocenters. The number of nitrogens with zero attached hydrogens (tertiary/aromatic N) is 6. The number of ether oxygens (including phenoxy) is 1. The van der Waals surface area contributed by atoms with Crippen LogP contribution in [0, 0.1) is 6.57 Å². The number of morpholine rings is 1. The normalized spacial score (nSPS) is 14.5. The highest BCUT2D eigenvalue weighted by Crippen LogP contribution is 2.36. The molecule has 0 bridgehead atoms. The Balaban J connectivity index is 1.71. The van der Waals surface area contributed by atoms with Gasteiger partial charge in [0.25, 0.3) is 5.69 Å². The second-order valence-electron chi connectivity index (χ2n) is 6.59. The molecule has 0 atom stereocenters. The molecule has 0 saturated carbocycles.